The van der Waals surface area contributed by atoms with Crippen LogP contribution in [0.25, 0.3) is 10.9 Å². The van der Waals surface area contributed by atoms with Crippen molar-refractivity contribution in [1.29, 1.82) is 0 Å². The summed E-state index contributed by atoms with van der Waals surface area (Å²) in [6, 6.07) is 4.68. The summed E-state index contributed by atoms with van der Waals surface area (Å²) in [5, 5.41) is 0.299. The average molecular weight is 287 g/mol. The molecule has 1 N–H and O–H groups in total. The lowest BCUT2D eigenvalue weighted by molar-refractivity contribution is -0.222. The third-order valence-electron chi connectivity index (χ3n) is 2.78. The Labute approximate surface area is 112 Å². The summed E-state index contributed by atoms with van der Waals surface area (Å²) in [7, 11) is 1.42. The molecule has 108 valence electrons. The van der Waals surface area contributed by atoms with Crippen LogP contribution in [0.1, 0.15) is 18.6 Å². The zero-order valence-corrected chi connectivity index (χ0v) is 10.7. The van der Waals surface area contributed by atoms with Gasteiger partial charge in [-0.3, -0.25) is 4.79 Å². The molecule has 0 aliphatic rings. The quantitative estimate of drug-likeness (QED) is 0.881. The molecule has 2 rings (SSSR count). The van der Waals surface area contributed by atoms with E-state index in [1.54, 1.807) is 12.1 Å². The molecular weight excluding hydrogens is 275 g/mol. The van der Waals surface area contributed by atoms with E-state index in [0.29, 0.717) is 16.7 Å². The number of H-pyrrole nitrogens is 1. The summed E-state index contributed by atoms with van der Waals surface area (Å²) < 4.78 is 48.5. The largest absolute Gasteiger partial charge is 0.497 e. The zero-order valence-electron chi connectivity index (χ0n) is 10.7. The monoisotopic (exact) mass is 287 g/mol. The number of methoxy groups -OCH3 is 1. The Hall–Kier alpha value is -2.18. The number of aromatic amines is 1. The number of ether oxygens (including phenoxy) is 2. The number of hydrogen-bond acceptors (Lipinski definition) is 3. The van der Waals surface area contributed by atoms with E-state index in [1.807, 2.05) is 0 Å². The normalized spacial score (nSPS) is 13.2. The maximum Gasteiger partial charge on any atom is 0.429 e. The Bertz CT molecular complexity index is 633. The zero-order chi connectivity index (χ0) is 14.9. The van der Waals surface area contributed by atoms with E-state index in [4.69, 9.17) is 4.74 Å². The molecule has 0 aliphatic heterocycles. The molecule has 2 aromatic rings. The van der Waals surface area contributed by atoms with E-state index in [2.05, 4.69) is 9.72 Å². The molecule has 1 heterocycles. The number of aromatic nitrogens is 1. The van der Waals surface area contributed by atoms with Gasteiger partial charge in [0.1, 0.15) is 5.75 Å². The number of halogens is 3. The predicted molar refractivity (Wildman–Crippen MR) is 65.4 cm³/mol. The van der Waals surface area contributed by atoms with Crippen LogP contribution < -0.4 is 4.74 Å². The summed E-state index contributed by atoms with van der Waals surface area (Å²) >= 11 is 0. The fourth-order valence-electron chi connectivity index (χ4n) is 1.94. The fraction of sp³-hybridized carbons (Fsp3) is 0.308. The van der Waals surface area contributed by atoms with Crippen molar-refractivity contribution in [3.8, 4) is 5.75 Å². The van der Waals surface area contributed by atoms with Gasteiger partial charge in [0.05, 0.1) is 7.11 Å². The van der Waals surface area contributed by atoms with Gasteiger partial charge in [0, 0.05) is 29.6 Å². The van der Waals surface area contributed by atoms with Crippen molar-refractivity contribution in [2.45, 2.75) is 19.2 Å². The van der Waals surface area contributed by atoms with Gasteiger partial charge in [-0.25, -0.2) is 0 Å². The van der Waals surface area contributed by atoms with Gasteiger partial charge in [0.15, 0.2) is 0 Å². The first kappa shape index (κ1) is 14.2. The molecule has 0 fully saturated rings. The Balaban J connectivity index is 2.55. The Morgan fingerprint density at radius 2 is 2.05 bits per heavy atom. The molecule has 4 nitrogen and oxygen atoms in total. The van der Waals surface area contributed by atoms with E-state index in [1.165, 1.54) is 19.4 Å². The predicted octanol–water partition coefficient (Wildman–Crippen LogP) is 3.34. The van der Waals surface area contributed by atoms with Crippen molar-refractivity contribution in [3.05, 3.63) is 30.0 Å². The van der Waals surface area contributed by atoms with E-state index >= 15 is 0 Å². The third kappa shape index (κ3) is 2.71. The smallest absolute Gasteiger partial charge is 0.429 e. The molecule has 0 saturated heterocycles. The number of benzene rings is 1. The second-order valence-corrected chi connectivity index (χ2v) is 4.19. The van der Waals surface area contributed by atoms with Crippen molar-refractivity contribution in [3.63, 3.8) is 0 Å². The van der Waals surface area contributed by atoms with Gasteiger partial charge in [0.25, 0.3) is 0 Å². The number of hydrogen-bond donors (Lipinski definition) is 1. The Morgan fingerprint density at radius 3 is 2.60 bits per heavy atom. The molecule has 0 amide bonds. The minimum absolute atomic E-state index is 0.151. The molecule has 7 heteroatoms. The summed E-state index contributed by atoms with van der Waals surface area (Å²) in [4.78, 5) is 13.6. The molecular formula is C13H12F3NO3. The average Bonchev–Trinajstić information content (AvgIpc) is 2.76. The number of fused-ring (bicyclic) bond motifs is 1. The van der Waals surface area contributed by atoms with Gasteiger partial charge in [-0.15, -0.1) is 0 Å². The fourth-order valence-corrected chi connectivity index (χ4v) is 1.94. The van der Waals surface area contributed by atoms with Gasteiger partial charge < -0.3 is 14.5 Å². The molecule has 1 aromatic carbocycles. The van der Waals surface area contributed by atoms with Gasteiger partial charge in [0.2, 0.25) is 6.10 Å². The number of nitrogens with one attached hydrogen (secondary N) is 1. The lowest BCUT2D eigenvalue weighted by Crippen LogP contribution is -2.25. The minimum Gasteiger partial charge on any atom is -0.497 e. The summed E-state index contributed by atoms with van der Waals surface area (Å²) in [5.74, 6) is -0.577. The number of rotatable bonds is 3. The lowest BCUT2D eigenvalue weighted by atomic mass is 10.1. The van der Waals surface area contributed by atoms with Crippen LogP contribution in [0.4, 0.5) is 13.2 Å². The Kier molecular flexibility index (Phi) is 3.61. The van der Waals surface area contributed by atoms with E-state index < -0.39 is 18.2 Å². The van der Waals surface area contributed by atoms with Crippen LogP contribution in [0, 0.1) is 0 Å². The number of esters is 1. The molecule has 1 atom stereocenters. The van der Waals surface area contributed by atoms with E-state index in [9.17, 15) is 18.0 Å². The highest BCUT2D eigenvalue weighted by atomic mass is 19.4. The topological polar surface area (TPSA) is 51.3 Å². The SMILES string of the molecule is COc1ccc2[nH]cc([C@H](OC(C)=O)C(F)(F)F)c2c1. The first-order valence-corrected chi connectivity index (χ1v) is 5.72. The molecule has 0 bridgehead atoms. The first-order valence-electron chi connectivity index (χ1n) is 5.72. The highest BCUT2D eigenvalue weighted by Crippen LogP contribution is 2.39. The number of alkyl halides is 3. The molecule has 0 radical (unpaired) electrons. The van der Waals surface area contributed by atoms with Crippen LogP contribution in [-0.2, 0) is 9.53 Å². The van der Waals surface area contributed by atoms with Crippen LogP contribution in [0.2, 0.25) is 0 Å². The summed E-state index contributed by atoms with van der Waals surface area (Å²) in [5.41, 5.74) is 0.351. The first-order chi connectivity index (χ1) is 9.32. The van der Waals surface area contributed by atoms with Gasteiger partial charge in [-0.2, -0.15) is 13.2 Å². The van der Waals surface area contributed by atoms with Crippen LogP contribution in [-0.4, -0.2) is 24.2 Å². The Morgan fingerprint density at radius 1 is 1.35 bits per heavy atom. The second kappa shape index (κ2) is 5.07. The van der Waals surface area contributed by atoms with Crippen LogP contribution in [0.15, 0.2) is 24.4 Å². The molecule has 20 heavy (non-hydrogen) atoms. The van der Waals surface area contributed by atoms with Crippen molar-refractivity contribution in [2.24, 2.45) is 0 Å². The van der Waals surface area contributed by atoms with Crippen molar-refractivity contribution in [2.75, 3.05) is 7.11 Å². The van der Waals surface area contributed by atoms with Crippen molar-refractivity contribution in [1.82, 2.24) is 4.98 Å². The maximum absolute atomic E-state index is 13.0. The second-order valence-electron chi connectivity index (χ2n) is 4.19. The molecule has 0 saturated carbocycles. The van der Waals surface area contributed by atoms with E-state index in [0.717, 1.165) is 6.92 Å². The molecule has 0 aliphatic carbocycles. The standard InChI is InChI=1S/C13H12F3NO3/c1-7(18)20-12(13(14,15)16)10-6-17-11-4-3-8(19-2)5-9(10)11/h3-6,12,17H,1-2H3/t12-/m0/s1. The summed E-state index contributed by atoms with van der Waals surface area (Å²) in [6.45, 7) is 0.939. The minimum atomic E-state index is -4.69. The van der Waals surface area contributed by atoms with Crippen molar-refractivity contribution >= 4 is 16.9 Å². The highest BCUT2D eigenvalue weighted by molar-refractivity contribution is 5.85. The summed E-state index contributed by atoms with van der Waals surface area (Å²) in [6.07, 6.45) is -5.81. The van der Waals surface area contributed by atoms with Crippen LogP contribution >= 0.6 is 0 Å². The highest BCUT2D eigenvalue weighted by Gasteiger charge is 2.44. The molecule has 0 spiro atoms. The van der Waals surface area contributed by atoms with Gasteiger partial charge >= 0.3 is 12.1 Å². The van der Waals surface area contributed by atoms with Crippen LogP contribution in [0.5, 0.6) is 5.75 Å². The van der Waals surface area contributed by atoms with Gasteiger partial charge in [-0.1, -0.05) is 0 Å². The lowest BCUT2D eigenvalue weighted by Gasteiger charge is -2.19. The molecule has 1 aromatic heterocycles. The van der Waals surface area contributed by atoms with E-state index in [-0.39, 0.29) is 5.56 Å². The van der Waals surface area contributed by atoms with Gasteiger partial charge in [-0.05, 0) is 18.2 Å². The third-order valence-corrected chi connectivity index (χ3v) is 2.78. The number of carbonyl (C=O) groups is 1. The van der Waals surface area contributed by atoms with Crippen LogP contribution in [0.3, 0.4) is 0 Å². The maximum atomic E-state index is 13.0. The molecule has 0 unspecified atom stereocenters. The van der Waals surface area contributed by atoms with Crippen molar-refractivity contribution < 1.29 is 27.4 Å². The number of carbonyl (C=O) groups excluding carboxylic acids is 1.